The molecule has 2 rings (SSSR count). The second-order valence-corrected chi connectivity index (χ2v) is 11.3. The topological polar surface area (TPSA) is 108 Å². The fourth-order valence-electron chi connectivity index (χ4n) is 4.85. The lowest BCUT2D eigenvalue weighted by molar-refractivity contribution is -0.143. The van der Waals surface area contributed by atoms with Crippen molar-refractivity contribution < 1.29 is 24.2 Å². The van der Waals surface area contributed by atoms with Gasteiger partial charge in [0.25, 0.3) is 0 Å². The van der Waals surface area contributed by atoms with E-state index in [2.05, 4.69) is 23.5 Å². The lowest BCUT2D eigenvalue weighted by Crippen LogP contribution is -2.55. The van der Waals surface area contributed by atoms with E-state index in [9.17, 15) is 19.5 Å². The van der Waals surface area contributed by atoms with Gasteiger partial charge in [-0.1, -0.05) is 69.9 Å². The Balaban J connectivity index is 2.40. The van der Waals surface area contributed by atoms with Crippen molar-refractivity contribution in [3.63, 3.8) is 0 Å². The Kier molecular flexibility index (Phi) is 13.3. The predicted molar refractivity (Wildman–Crippen MR) is 153 cm³/mol. The molecular weight excluding hydrogens is 494 g/mol. The third-order valence-corrected chi connectivity index (χ3v) is 6.86. The van der Waals surface area contributed by atoms with Gasteiger partial charge in [-0.3, -0.25) is 9.59 Å². The highest BCUT2D eigenvalue weighted by molar-refractivity contribution is 5.92. The number of nitrogens with zero attached hydrogens (tertiary/aromatic N) is 1. The number of aliphatic hydroxyl groups is 1. The number of carbonyl (C=O) groups is 3. The third-order valence-electron chi connectivity index (χ3n) is 6.86. The minimum absolute atomic E-state index is 0.0498. The molecular formula is C31H47N3O5. The van der Waals surface area contributed by atoms with Crippen LogP contribution in [0.1, 0.15) is 109 Å². The van der Waals surface area contributed by atoms with Crippen molar-refractivity contribution in [2.75, 3.05) is 13.2 Å². The molecule has 216 valence electrons. The molecule has 1 aromatic rings. The molecule has 3 amide bonds. The Morgan fingerprint density at radius 2 is 1.72 bits per heavy atom. The summed E-state index contributed by atoms with van der Waals surface area (Å²) in [6, 6.07) is 4.90. The number of unbranched alkanes of at least 4 members (excludes halogenated alkanes) is 4. The predicted octanol–water partition coefficient (Wildman–Crippen LogP) is 4.84. The van der Waals surface area contributed by atoms with E-state index in [0.29, 0.717) is 24.1 Å². The molecule has 0 radical (unpaired) electrons. The van der Waals surface area contributed by atoms with Crippen molar-refractivity contribution in [1.29, 1.82) is 0 Å². The fraction of sp³-hybridized carbons (Fsp3) is 0.645. The first-order chi connectivity index (χ1) is 18.6. The molecule has 1 aromatic carbocycles. The van der Waals surface area contributed by atoms with Crippen LogP contribution in [0.4, 0.5) is 4.79 Å². The fourth-order valence-corrected chi connectivity index (χ4v) is 4.85. The normalized spacial score (nSPS) is 15.5. The number of terminal acetylenes is 1. The molecule has 0 spiro atoms. The summed E-state index contributed by atoms with van der Waals surface area (Å²) in [7, 11) is 0. The van der Waals surface area contributed by atoms with Crippen LogP contribution in [-0.2, 0) is 14.3 Å². The average molecular weight is 542 g/mol. The molecule has 2 unspecified atom stereocenters. The zero-order valence-electron chi connectivity index (χ0n) is 24.1. The SMILES string of the molecule is C#Cc1ccc(C(C(=O)NC2CCCCC2)N(CCCCCCC)C(=O)C(CO)NC(=O)OC(C)(C)C)cc1. The Morgan fingerprint density at radius 3 is 2.28 bits per heavy atom. The van der Waals surface area contributed by atoms with Crippen molar-refractivity contribution in [2.24, 2.45) is 0 Å². The maximum atomic E-state index is 13.9. The maximum absolute atomic E-state index is 13.9. The van der Waals surface area contributed by atoms with Crippen molar-refractivity contribution >= 4 is 17.9 Å². The molecule has 0 aromatic heterocycles. The molecule has 0 aliphatic heterocycles. The lowest BCUT2D eigenvalue weighted by atomic mass is 9.94. The summed E-state index contributed by atoms with van der Waals surface area (Å²) in [5.74, 6) is 1.78. The third kappa shape index (κ3) is 10.9. The van der Waals surface area contributed by atoms with Gasteiger partial charge < -0.3 is 25.4 Å². The van der Waals surface area contributed by atoms with Gasteiger partial charge in [-0.05, 0) is 57.7 Å². The molecule has 1 aliphatic rings. The van der Waals surface area contributed by atoms with E-state index in [1.807, 2.05) is 0 Å². The standard InChI is InChI=1S/C31H47N3O5/c1-6-8-9-10-14-21-34(29(37)26(22-35)33-30(38)39-31(3,4)5)27(24-19-17-23(7-2)18-20-24)28(36)32-25-15-12-11-13-16-25/h2,17-20,25-27,35H,6,8-16,21-22H2,1,3-5H3,(H,32,36)(H,33,38). The van der Waals surface area contributed by atoms with Crippen LogP contribution in [0.3, 0.4) is 0 Å². The molecule has 1 aliphatic carbocycles. The number of ether oxygens (including phenoxy) is 1. The van der Waals surface area contributed by atoms with E-state index in [4.69, 9.17) is 11.2 Å². The highest BCUT2D eigenvalue weighted by Gasteiger charge is 2.36. The van der Waals surface area contributed by atoms with Gasteiger partial charge in [0.2, 0.25) is 11.8 Å². The van der Waals surface area contributed by atoms with E-state index in [1.165, 1.54) is 4.90 Å². The summed E-state index contributed by atoms with van der Waals surface area (Å²) >= 11 is 0. The van der Waals surface area contributed by atoms with Gasteiger partial charge in [0.1, 0.15) is 17.7 Å². The van der Waals surface area contributed by atoms with Gasteiger partial charge in [-0.2, -0.15) is 0 Å². The molecule has 3 N–H and O–H groups in total. The largest absolute Gasteiger partial charge is 0.444 e. The van der Waals surface area contributed by atoms with Crippen molar-refractivity contribution in [2.45, 2.75) is 116 Å². The van der Waals surface area contributed by atoms with Crippen LogP contribution in [0, 0.1) is 12.3 Å². The Bertz CT molecular complexity index is 958. The molecule has 8 heteroatoms. The Morgan fingerprint density at radius 1 is 1.08 bits per heavy atom. The van der Waals surface area contributed by atoms with Gasteiger partial charge in [0.05, 0.1) is 6.61 Å². The molecule has 39 heavy (non-hydrogen) atoms. The maximum Gasteiger partial charge on any atom is 0.408 e. The molecule has 1 saturated carbocycles. The van der Waals surface area contributed by atoms with Crippen LogP contribution in [0.2, 0.25) is 0 Å². The van der Waals surface area contributed by atoms with Gasteiger partial charge in [0, 0.05) is 18.2 Å². The van der Waals surface area contributed by atoms with Crippen LogP contribution in [0.5, 0.6) is 0 Å². The number of rotatable bonds is 13. The zero-order valence-corrected chi connectivity index (χ0v) is 24.1. The van der Waals surface area contributed by atoms with E-state index < -0.39 is 36.3 Å². The summed E-state index contributed by atoms with van der Waals surface area (Å²) in [4.78, 5) is 41.7. The minimum atomic E-state index is -1.26. The number of amides is 3. The monoisotopic (exact) mass is 541 g/mol. The van der Waals surface area contributed by atoms with Crippen LogP contribution >= 0.6 is 0 Å². The number of aliphatic hydroxyl groups excluding tert-OH is 1. The quantitative estimate of drug-likeness (QED) is 0.245. The minimum Gasteiger partial charge on any atom is -0.444 e. The number of nitrogens with one attached hydrogen (secondary N) is 2. The van der Waals surface area contributed by atoms with Gasteiger partial charge in [-0.25, -0.2) is 4.79 Å². The molecule has 8 nitrogen and oxygen atoms in total. The molecule has 0 saturated heterocycles. The van der Waals surface area contributed by atoms with Gasteiger partial charge in [-0.15, -0.1) is 6.42 Å². The summed E-state index contributed by atoms with van der Waals surface area (Å²) in [6.45, 7) is 6.96. The highest BCUT2D eigenvalue weighted by atomic mass is 16.6. The molecule has 0 bridgehead atoms. The first-order valence-corrected chi connectivity index (χ1v) is 14.4. The van der Waals surface area contributed by atoms with E-state index >= 15 is 0 Å². The van der Waals surface area contributed by atoms with Crippen LogP contribution in [0.25, 0.3) is 0 Å². The van der Waals surface area contributed by atoms with Gasteiger partial charge in [0.15, 0.2) is 0 Å². The van der Waals surface area contributed by atoms with E-state index in [0.717, 1.165) is 57.8 Å². The number of benzene rings is 1. The van der Waals surface area contributed by atoms with Crippen molar-refractivity contribution in [3.8, 4) is 12.3 Å². The molecule has 0 heterocycles. The highest BCUT2D eigenvalue weighted by Crippen LogP contribution is 2.26. The summed E-state index contributed by atoms with van der Waals surface area (Å²) in [5, 5.41) is 15.8. The Hall–Kier alpha value is -3.05. The smallest absolute Gasteiger partial charge is 0.408 e. The average Bonchev–Trinajstić information content (AvgIpc) is 2.90. The zero-order chi connectivity index (χ0) is 28.8. The van der Waals surface area contributed by atoms with Crippen LogP contribution in [0.15, 0.2) is 24.3 Å². The summed E-state index contributed by atoms with van der Waals surface area (Å²) in [6.07, 6.45) is 14.6. The van der Waals surface area contributed by atoms with Crippen LogP contribution < -0.4 is 10.6 Å². The number of alkyl carbamates (subject to hydrolysis) is 1. The lowest BCUT2D eigenvalue weighted by Gasteiger charge is -2.35. The summed E-state index contributed by atoms with van der Waals surface area (Å²) < 4.78 is 5.31. The number of hydrogen-bond donors (Lipinski definition) is 3. The number of hydrogen-bond acceptors (Lipinski definition) is 5. The first kappa shape index (κ1) is 32.2. The van der Waals surface area contributed by atoms with Crippen LogP contribution in [-0.4, -0.2) is 58.8 Å². The second-order valence-electron chi connectivity index (χ2n) is 11.3. The summed E-state index contributed by atoms with van der Waals surface area (Å²) in [5.41, 5.74) is 0.522. The Labute approximate surface area is 234 Å². The van der Waals surface area contributed by atoms with E-state index in [1.54, 1.807) is 45.0 Å². The van der Waals surface area contributed by atoms with Crippen molar-refractivity contribution in [3.05, 3.63) is 35.4 Å². The first-order valence-electron chi connectivity index (χ1n) is 14.4. The second kappa shape index (κ2) is 16.1. The van der Waals surface area contributed by atoms with E-state index in [-0.39, 0.29) is 11.9 Å². The molecule has 1 fully saturated rings. The van der Waals surface area contributed by atoms with Gasteiger partial charge >= 0.3 is 6.09 Å². The number of carbonyl (C=O) groups excluding carboxylic acids is 3. The van der Waals surface area contributed by atoms with Crippen molar-refractivity contribution in [1.82, 2.24) is 15.5 Å². The molecule has 2 atom stereocenters.